The van der Waals surface area contributed by atoms with E-state index in [0.717, 1.165) is 49.1 Å². The maximum absolute atomic E-state index is 13.0. The van der Waals surface area contributed by atoms with Gasteiger partial charge in [-0.05, 0) is 12.5 Å². The van der Waals surface area contributed by atoms with E-state index in [1.54, 1.807) is 0 Å². The number of piperazine rings is 1. The minimum atomic E-state index is -0.346. The van der Waals surface area contributed by atoms with E-state index in [4.69, 9.17) is 4.98 Å². The average molecular weight is 408 g/mol. The molecule has 0 aliphatic carbocycles. The molecule has 0 bridgehead atoms. The molecule has 158 valence electrons. The van der Waals surface area contributed by atoms with Crippen LogP contribution >= 0.6 is 0 Å². The fraction of sp³-hybridized carbons (Fsp3) is 0.478. The van der Waals surface area contributed by atoms with Gasteiger partial charge in [0.15, 0.2) is 0 Å². The van der Waals surface area contributed by atoms with Crippen LogP contribution in [0.1, 0.15) is 43.3 Å². The number of benzene rings is 1. The summed E-state index contributed by atoms with van der Waals surface area (Å²) in [5, 5.41) is 0. The van der Waals surface area contributed by atoms with Crippen molar-refractivity contribution >= 4 is 17.6 Å². The Kier molecular flexibility index (Phi) is 5.81. The smallest absolute Gasteiger partial charge is 0.247 e. The molecule has 0 unspecified atom stereocenters. The number of likely N-dealkylation sites (tertiary alicyclic amines) is 1. The quantitative estimate of drug-likeness (QED) is 0.709. The lowest BCUT2D eigenvalue weighted by atomic mass is 10.1. The molecule has 2 aliphatic rings. The fourth-order valence-corrected chi connectivity index (χ4v) is 4.14. The Labute approximate surface area is 177 Å². The summed E-state index contributed by atoms with van der Waals surface area (Å²) < 4.78 is 0. The van der Waals surface area contributed by atoms with Gasteiger partial charge in [-0.1, -0.05) is 44.2 Å². The van der Waals surface area contributed by atoms with Gasteiger partial charge in [0.1, 0.15) is 11.6 Å². The van der Waals surface area contributed by atoms with Gasteiger partial charge in [0.2, 0.25) is 11.8 Å². The molecule has 0 saturated carbocycles. The average Bonchev–Trinajstić information content (AvgIpc) is 3.02. The van der Waals surface area contributed by atoms with E-state index in [1.807, 2.05) is 43.3 Å². The van der Waals surface area contributed by atoms with Crippen LogP contribution in [0.5, 0.6) is 0 Å². The minimum absolute atomic E-state index is 0.0720. The molecular formula is C23H29N5O2. The Hall–Kier alpha value is -2.80. The van der Waals surface area contributed by atoms with Gasteiger partial charge in [0.05, 0.1) is 19.0 Å². The van der Waals surface area contributed by atoms with Gasteiger partial charge in [-0.3, -0.25) is 19.4 Å². The second kappa shape index (κ2) is 8.52. The van der Waals surface area contributed by atoms with Crippen LogP contribution in [0.2, 0.25) is 0 Å². The lowest BCUT2D eigenvalue weighted by molar-refractivity contribution is -0.140. The number of hydrogen-bond donors (Lipinski definition) is 0. The molecule has 2 aromatic rings. The zero-order chi connectivity index (χ0) is 21.3. The van der Waals surface area contributed by atoms with Crippen LogP contribution in [0.15, 0.2) is 36.4 Å². The summed E-state index contributed by atoms with van der Waals surface area (Å²) in [4.78, 5) is 40.6. The molecule has 4 rings (SSSR count). The molecule has 1 atom stereocenters. The summed E-state index contributed by atoms with van der Waals surface area (Å²) in [5.41, 5.74) is 1.95. The SMILES string of the molecule is Cc1cc(N2CCN([C@@H]3CC(=O)N(Cc4ccccc4)C3=O)CC2)nc(C(C)C)n1. The molecule has 1 aromatic carbocycles. The van der Waals surface area contributed by atoms with Crippen molar-refractivity contribution in [3.05, 3.63) is 53.5 Å². The van der Waals surface area contributed by atoms with Crippen LogP contribution < -0.4 is 4.90 Å². The molecule has 2 amide bonds. The first-order chi connectivity index (χ1) is 14.4. The Bertz CT molecular complexity index is 922. The van der Waals surface area contributed by atoms with E-state index >= 15 is 0 Å². The number of carbonyl (C=O) groups is 2. The number of hydrogen-bond acceptors (Lipinski definition) is 6. The topological polar surface area (TPSA) is 69.6 Å². The number of aryl methyl sites for hydroxylation is 1. The molecular weight excluding hydrogens is 378 g/mol. The van der Waals surface area contributed by atoms with E-state index in [0.29, 0.717) is 6.54 Å². The number of nitrogens with zero attached hydrogens (tertiary/aromatic N) is 5. The molecule has 7 heteroatoms. The molecule has 7 nitrogen and oxygen atoms in total. The second-order valence-corrected chi connectivity index (χ2v) is 8.43. The Balaban J connectivity index is 1.40. The lowest BCUT2D eigenvalue weighted by Gasteiger charge is -2.37. The van der Waals surface area contributed by atoms with E-state index < -0.39 is 0 Å². The maximum atomic E-state index is 13.0. The predicted molar refractivity (Wildman–Crippen MR) is 115 cm³/mol. The number of rotatable bonds is 5. The van der Waals surface area contributed by atoms with Crippen molar-refractivity contribution in [1.29, 1.82) is 0 Å². The summed E-state index contributed by atoms with van der Waals surface area (Å²) in [6.07, 6.45) is 0.274. The third kappa shape index (κ3) is 4.21. The first kappa shape index (κ1) is 20.5. The third-order valence-electron chi connectivity index (χ3n) is 5.86. The van der Waals surface area contributed by atoms with Crippen molar-refractivity contribution < 1.29 is 9.59 Å². The largest absolute Gasteiger partial charge is 0.354 e. The highest BCUT2D eigenvalue weighted by atomic mass is 16.2. The van der Waals surface area contributed by atoms with Crippen LogP contribution in [-0.4, -0.2) is 63.8 Å². The van der Waals surface area contributed by atoms with Crippen molar-refractivity contribution in [3.8, 4) is 0 Å². The Morgan fingerprint density at radius 1 is 1.03 bits per heavy atom. The van der Waals surface area contributed by atoms with Crippen LogP contribution in [0.4, 0.5) is 5.82 Å². The highest BCUT2D eigenvalue weighted by Crippen LogP contribution is 2.24. The molecule has 2 saturated heterocycles. The highest BCUT2D eigenvalue weighted by molar-refractivity contribution is 6.05. The highest BCUT2D eigenvalue weighted by Gasteiger charge is 2.42. The standard InChI is InChI=1S/C23H29N5O2/c1-16(2)22-24-17(3)13-20(25-22)27-11-9-26(10-12-27)19-14-21(29)28(23(19)30)15-18-7-5-4-6-8-18/h4-8,13,16,19H,9-12,14-15H2,1-3H3/t19-/m1/s1. The monoisotopic (exact) mass is 407 g/mol. The molecule has 0 spiro atoms. The van der Waals surface area contributed by atoms with Crippen molar-refractivity contribution in [3.63, 3.8) is 0 Å². The second-order valence-electron chi connectivity index (χ2n) is 8.43. The number of anilines is 1. The summed E-state index contributed by atoms with van der Waals surface area (Å²) in [5.74, 6) is 1.94. The van der Waals surface area contributed by atoms with Crippen LogP contribution in [0.25, 0.3) is 0 Å². The van der Waals surface area contributed by atoms with Gasteiger partial charge < -0.3 is 4.90 Å². The van der Waals surface area contributed by atoms with Gasteiger partial charge in [0.25, 0.3) is 0 Å². The fourth-order valence-electron chi connectivity index (χ4n) is 4.14. The molecule has 0 radical (unpaired) electrons. The van der Waals surface area contributed by atoms with Gasteiger partial charge in [-0.15, -0.1) is 0 Å². The molecule has 3 heterocycles. The predicted octanol–water partition coefficient (Wildman–Crippen LogP) is 2.36. The number of amides is 2. The van der Waals surface area contributed by atoms with Gasteiger partial charge in [-0.2, -0.15) is 0 Å². The van der Waals surface area contributed by atoms with Gasteiger partial charge >= 0.3 is 0 Å². The number of aromatic nitrogens is 2. The number of carbonyl (C=O) groups excluding carboxylic acids is 2. The normalized spacial score (nSPS) is 20.5. The lowest BCUT2D eigenvalue weighted by Crippen LogP contribution is -2.52. The first-order valence-electron chi connectivity index (χ1n) is 10.6. The first-order valence-corrected chi connectivity index (χ1v) is 10.6. The van der Waals surface area contributed by atoms with E-state index in [9.17, 15) is 9.59 Å². The zero-order valence-corrected chi connectivity index (χ0v) is 17.9. The third-order valence-corrected chi connectivity index (χ3v) is 5.86. The molecule has 1 aromatic heterocycles. The van der Waals surface area contributed by atoms with E-state index in [-0.39, 0.29) is 30.2 Å². The molecule has 2 fully saturated rings. The zero-order valence-electron chi connectivity index (χ0n) is 17.9. The summed E-state index contributed by atoms with van der Waals surface area (Å²) in [6.45, 7) is 9.59. The van der Waals surface area contributed by atoms with Gasteiger partial charge in [-0.25, -0.2) is 9.97 Å². The van der Waals surface area contributed by atoms with E-state index in [2.05, 4.69) is 28.6 Å². The van der Waals surface area contributed by atoms with Crippen molar-refractivity contribution in [2.24, 2.45) is 0 Å². The molecule has 2 aliphatic heterocycles. The van der Waals surface area contributed by atoms with Crippen molar-refractivity contribution in [1.82, 2.24) is 19.8 Å². The minimum Gasteiger partial charge on any atom is -0.354 e. The Morgan fingerprint density at radius 3 is 2.40 bits per heavy atom. The van der Waals surface area contributed by atoms with E-state index in [1.165, 1.54) is 4.90 Å². The summed E-state index contributed by atoms with van der Waals surface area (Å²) in [6, 6.07) is 11.4. The number of imide groups is 1. The summed E-state index contributed by atoms with van der Waals surface area (Å²) >= 11 is 0. The van der Waals surface area contributed by atoms with Crippen LogP contribution in [0.3, 0.4) is 0 Å². The van der Waals surface area contributed by atoms with Crippen molar-refractivity contribution in [2.75, 3.05) is 31.1 Å². The molecule has 0 N–H and O–H groups in total. The van der Waals surface area contributed by atoms with Gasteiger partial charge in [0, 0.05) is 43.9 Å². The van der Waals surface area contributed by atoms with Crippen molar-refractivity contribution in [2.45, 2.75) is 45.7 Å². The summed E-state index contributed by atoms with van der Waals surface area (Å²) in [7, 11) is 0. The van der Waals surface area contributed by atoms with Crippen LogP contribution in [-0.2, 0) is 16.1 Å². The van der Waals surface area contributed by atoms with Crippen LogP contribution in [0, 0.1) is 6.92 Å². The Morgan fingerprint density at radius 2 is 1.73 bits per heavy atom. The maximum Gasteiger partial charge on any atom is 0.247 e. The molecule has 30 heavy (non-hydrogen) atoms.